The second-order valence-electron chi connectivity index (χ2n) is 17.1. The van der Waals surface area contributed by atoms with Crippen molar-refractivity contribution in [2.24, 2.45) is 5.41 Å². The molecule has 0 radical (unpaired) electrons. The standard InChI is InChI=1S/C31H32N6O2.C20H28O2/c1-2-9-25(10-3-1)37-21-32-28-29(33-23-13-15-24(16-14-23)36-17-19-38-20-18-36)34-31(35-30(28)37)39-27-12-6-8-22-7-4-5-11-26(22)27;1-15(8-6-9-16(2)14-19(21)22)11-12-18-17(3)10-7-13-20(18,4)5/h4-8,11-16,21,25H,1-3,9-10,17-20H2,(H,33,34,35);6,8-9,11-12,14H,7,10,13H2,1-5H3,(H,21,22)/b;9-6+,12-11+,15-8+,16-14+. The summed E-state index contributed by atoms with van der Waals surface area (Å²) in [7, 11) is 0. The van der Waals surface area contributed by atoms with Crippen LogP contribution in [-0.4, -0.2) is 56.9 Å². The van der Waals surface area contributed by atoms with Crippen molar-refractivity contribution in [2.75, 3.05) is 36.5 Å². The lowest BCUT2D eigenvalue weighted by molar-refractivity contribution is -0.131. The number of carbonyl (C=O) groups is 1. The Hall–Kier alpha value is -6.00. The quantitative estimate of drug-likeness (QED) is 0.0992. The lowest BCUT2D eigenvalue weighted by Crippen LogP contribution is -2.36. The average Bonchev–Trinajstić information content (AvgIpc) is 3.69. The van der Waals surface area contributed by atoms with E-state index in [9.17, 15) is 4.79 Å². The Kier molecular flexibility index (Phi) is 14.2. The second kappa shape index (κ2) is 20.0. The highest BCUT2D eigenvalue weighted by Crippen LogP contribution is 2.41. The Labute approximate surface area is 360 Å². The largest absolute Gasteiger partial charge is 0.478 e. The number of rotatable bonds is 11. The van der Waals surface area contributed by atoms with Crippen molar-refractivity contribution in [3.05, 3.63) is 132 Å². The summed E-state index contributed by atoms with van der Waals surface area (Å²) >= 11 is 0. The van der Waals surface area contributed by atoms with Crippen LogP contribution in [0.2, 0.25) is 0 Å². The number of aromatic nitrogens is 4. The molecule has 3 heterocycles. The molecule has 0 atom stereocenters. The molecule has 1 saturated carbocycles. The fourth-order valence-electron chi connectivity index (χ4n) is 8.63. The number of nitrogens with zero attached hydrogens (tertiary/aromatic N) is 5. The summed E-state index contributed by atoms with van der Waals surface area (Å²) in [5, 5.41) is 14.3. The van der Waals surface area contributed by atoms with E-state index in [1.807, 2.05) is 42.7 Å². The van der Waals surface area contributed by atoms with Gasteiger partial charge in [-0.2, -0.15) is 9.97 Å². The van der Waals surface area contributed by atoms with Gasteiger partial charge in [-0.3, -0.25) is 0 Å². The van der Waals surface area contributed by atoms with Crippen LogP contribution in [0.3, 0.4) is 0 Å². The third-order valence-electron chi connectivity index (χ3n) is 12.0. The van der Waals surface area contributed by atoms with Gasteiger partial charge < -0.3 is 29.4 Å². The van der Waals surface area contributed by atoms with E-state index in [1.165, 1.54) is 61.4 Å². The average molecular weight is 821 g/mol. The number of aliphatic carboxylic acids is 1. The SMILES string of the molecule is CC1=C(/C=C/C(C)=C/C=C/C(C)=C/C(=O)O)C(C)(C)CCC1.c1ccc2c(Oc3nc(Nc4ccc(N5CCOCC5)cc4)c4ncn(C5CCCCC5)c4n3)cccc2c1. The summed E-state index contributed by atoms with van der Waals surface area (Å²) in [5.74, 6) is 0.464. The van der Waals surface area contributed by atoms with Gasteiger partial charge in [0.15, 0.2) is 17.0 Å². The summed E-state index contributed by atoms with van der Waals surface area (Å²) in [5.41, 5.74) is 8.79. The van der Waals surface area contributed by atoms with Crippen molar-refractivity contribution in [2.45, 2.75) is 92.0 Å². The number of anilines is 3. The molecule has 2 fully saturated rings. The molecule has 1 aliphatic heterocycles. The summed E-state index contributed by atoms with van der Waals surface area (Å²) in [6.45, 7) is 14.1. The number of benzene rings is 3. The normalized spacial score (nSPS) is 17.9. The molecular formula is C51H60N6O4. The maximum Gasteiger partial charge on any atom is 0.328 e. The van der Waals surface area contributed by atoms with Crippen LogP contribution in [0.4, 0.5) is 17.2 Å². The number of hydrogen-bond acceptors (Lipinski definition) is 8. The lowest BCUT2D eigenvalue weighted by Gasteiger charge is -2.32. The highest BCUT2D eigenvalue weighted by atomic mass is 16.5. The highest BCUT2D eigenvalue weighted by Gasteiger charge is 2.26. The molecule has 10 nitrogen and oxygen atoms in total. The van der Waals surface area contributed by atoms with Gasteiger partial charge in [-0.15, -0.1) is 0 Å². The summed E-state index contributed by atoms with van der Waals surface area (Å²) in [6, 6.07) is 23.4. The van der Waals surface area contributed by atoms with E-state index in [-0.39, 0.29) is 5.41 Å². The second-order valence-corrected chi connectivity index (χ2v) is 17.1. The Morgan fingerprint density at radius 3 is 2.43 bits per heavy atom. The monoisotopic (exact) mass is 820 g/mol. The molecule has 1 saturated heterocycles. The topological polar surface area (TPSA) is 115 Å². The van der Waals surface area contributed by atoms with Crippen LogP contribution in [0, 0.1) is 5.41 Å². The molecule has 2 N–H and O–H groups in total. The van der Waals surface area contributed by atoms with Crippen LogP contribution < -0.4 is 15.0 Å². The fraction of sp³-hybridized carbons (Fsp3) is 0.373. The van der Waals surface area contributed by atoms with Gasteiger partial charge in [0, 0.05) is 42.0 Å². The predicted molar refractivity (Wildman–Crippen MR) is 248 cm³/mol. The minimum atomic E-state index is -0.912. The summed E-state index contributed by atoms with van der Waals surface area (Å²) < 4.78 is 14.1. The maximum atomic E-state index is 10.5. The Balaban J connectivity index is 0.000000219. The zero-order valence-corrected chi connectivity index (χ0v) is 36.4. The molecule has 0 unspecified atom stereocenters. The van der Waals surface area contributed by atoms with Crippen molar-refractivity contribution in [3.8, 4) is 11.8 Å². The van der Waals surface area contributed by atoms with E-state index in [0.717, 1.165) is 83.7 Å². The van der Waals surface area contributed by atoms with Gasteiger partial charge in [0.1, 0.15) is 5.75 Å². The van der Waals surface area contributed by atoms with E-state index in [2.05, 4.69) is 97.1 Å². The minimum absolute atomic E-state index is 0.260. The lowest BCUT2D eigenvalue weighted by atomic mass is 9.72. The first-order valence-electron chi connectivity index (χ1n) is 21.8. The molecule has 8 rings (SSSR count). The molecular weight excluding hydrogens is 761 g/mol. The van der Waals surface area contributed by atoms with Crippen molar-refractivity contribution in [1.82, 2.24) is 19.5 Å². The van der Waals surface area contributed by atoms with Crippen LogP contribution in [-0.2, 0) is 9.53 Å². The Bertz CT molecular complexity index is 2460. The van der Waals surface area contributed by atoms with Gasteiger partial charge in [0.2, 0.25) is 0 Å². The van der Waals surface area contributed by atoms with E-state index >= 15 is 0 Å². The molecule has 3 aliphatic rings. The number of carboxylic acids is 1. The summed E-state index contributed by atoms with van der Waals surface area (Å²) in [4.78, 5) is 27.4. The number of morpholine rings is 1. The molecule has 0 amide bonds. The maximum absolute atomic E-state index is 10.5. The van der Waals surface area contributed by atoms with E-state index in [0.29, 0.717) is 17.9 Å². The van der Waals surface area contributed by atoms with Crippen LogP contribution in [0.5, 0.6) is 11.8 Å². The fourth-order valence-corrected chi connectivity index (χ4v) is 8.63. The molecule has 2 aliphatic carbocycles. The van der Waals surface area contributed by atoms with Gasteiger partial charge in [-0.05, 0) is 105 Å². The number of ether oxygens (including phenoxy) is 2. The van der Waals surface area contributed by atoms with Crippen molar-refractivity contribution < 1.29 is 19.4 Å². The van der Waals surface area contributed by atoms with Gasteiger partial charge >= 0.3 is 12.0 Å². The first-order chi connectivity index (χ1) is 29.5. The van der Waals surface area contributed by atoms with Gasteiger partial charge in [-0.25, -0.2) is 9.78 Å². The van der Waals surface area contributed by atoms with Crippen molar-refractivity contribution in [1.29, 1.82) is 0 Å². The van der Waals surface area contributed by atoms with Gasteiger partial charge in [0.25, 0.3) is 0 Å². The zero-order valence-electron chi connectivity index (χ0n) is 36.4. The van der Waals surface area contributed by atoms with Crippen LogP contribution in [0.15, 0.2) is 132 Å². The van der Waals surface area contributed by atoms with Crippen molar-refractivity contribution in [3.63, 3.8) is 0 Å². The number of imidazole rings is 1. The Morgan fingerprint density at radius 1 is 0.918 bits per heavy atom. The number of allylic oxidation sites excluding steroid dienone is 9. The number of nitrogens with one attached hydrogen (secondary N) is 1. The smallest absolute Gasteiger partial charge is 0.328 e. The number of hydrogen-bond donors (Lipinski definition) is 2. The predicted octanol–water partition coefficient (Wildman–Crippen LogP) is 12.5. The molecule has 2 aromatic heterocycles. The number of carboxylic acid groups (broad SMARTS) is 1. The molecule has 318 valence electrons. The minimum Gasteiger partial charge on any atom is -0.478 e. The Morgan fingerprint density at radius 2 is 1.67 bits per heavy atom. The zero-order chi connectivity index (χ0) is 42.8. The first kappa shape index (κ1) is 43.1. The molecule has 5 aromatic rings. The van der Waals surface area contributed by atoms with Gasteiger partial charge in [-0.1, -0.05) is 111 Å². The van der Waals surface area contributed by atoms with E-state index in [4.69, 9.17) is 29.5 Å². The molecule has 3 aromatic carbocycles. The van der Waals surface area contributed by atoms with Crippen LogP contribution in [0.25, 0.3) is 21.9 Å². The van der Waals surface area contributed by atoms with Crippen LogP contribution >= 0.6 is 0 Å². The number of fused-ring (bicyclic) bond motifs is 2. The molecule has 0 spiro atoms. The van der Waals surface area contributed by atoms with E-state index < -0.39 is 5.97 Å². The first-order valence-corrected chi connectivity index (χ1v) is 21.8. The highest BCUT2D eigenvalue weighted by molar-refractivity contribution is 5.89. The van der Waals surface area contributed by atoms with Crippen LogP contribution in [0.1, 0.15) is 92.0 Å². The van der Waals surface area contributed by atoms with Crippen molar-refractivity contribution >= 4 is 45.1 Å². The molecule has 0 bridgehead atoms. The molecule has 10 heteroatoms. The third-order valence-corrected chi connectivity index (χ3v) is 12.0. The third kappa shape index (κ3) is 11.2. The van der Waals surface area contributed by atoms with E-state index in [1.54, 1.807) is 13.0 Å². The van der Waals surface area contributed by atoms with Gasteiger partial charge in [0.05, 0.1) is 19.5 Å². The summed E-state index contributed by atoms with van der Waals surface area (Å²) in [6.07, 6.45) is 23.0. The molecule has 61 heavy (non-hydrogen) atoms.